The lowest BCUT2D eigenvalue weighted by atomic mass is 9.94. The van der Waals surface area contributed by atoms with E-state index in [0.717, 1.165) is 25.7 Å². The molecule has 2 saturated heterocycles. The summed E-state index contributed by atoms with van der Waals surface area (Å²) < 4.78 is 5.15. The van der Waals surface area contributed by atoms with E-state index in [0.29, 0.717) is 38.1 Å². The Balaban J connectivity index is 1.68. The van der Waals surface area contributed by atoms with E-state index in [9.17, 15) is 14.7 Å². The number of methoxy groups -OCH3 is 1. The number of ether oxygens (including phenoxy) is 1. The van der Waals surface area contributed by atoms with Gasteiger partial charge in [0.15, 0.2) is 0 Å². The van der Waals surface area contributed by atoms with Crippen molar-refractivity contribution in [1.82, 2.24) is 9.80 Å². The van der Waals surface area contributed by atoms with Gasteiger partial charge in [-0.2, -0.15) is 0 Å². The van der Waals surface area contributed by atoms with Crippen molar-refractivity contribution in [2.75, 3.05) is 33.4 Å². The van der Waals surface area contributed by atoms with E-state index in [4.69, 9.17) is 4.74 Å². The highest BCUT2D eigenvalue weighted by Gasteiger charge is 2.50. The van der Waals surface area contributed by atoms with Gasteiger partial charge < -0.3 is 19.6 Å². The van der Waals surface area contributed by atoms with Crippen LogP contribution in [0.2, 0.25) is 0 Å². The summed E-state index contributed by atoms with van der Waals surface area (Å²) in [5, 5.41) is 9.53. The van der Waals surface area contributed by atoms with Crippen LogP contribution in [0.3, 0.4) is 0 Å². The largest absolute Gasteiger partial charge is 0.480 e. The van der Waals surface area contributed by atoms with Gasteiger partial charge in [0.05, 0.1) is 6.61 Å². The van der Waals surface area contributed by atoms with Crippen molar-refractivity contribution in [1.29, 1.82) is 0 Å². The van der Waals surface area contributed by atoms with E-state index in [-0.39, 0.29) is 11.9 Å². The van der Waals surface area contributed by atoms with E-state index < -0.39 is 12.0 Å². The fourth-order valence-electron chi connectivity index (χ4n) is 4.38. The first-order valence-corrected chi connectivity index (χ1v) is 7.89. The number of aliphatic carboxylic acids is 1. The zero-order chi connectivity index (χ0) is 15.0. The number of carbonyl (C=O) groups excluding carboxylic acids is 1. The number of urea groups is 1. The van der Waals surface area contributed by atoms with Gasteiger partial charge in [0.25, 0.3) is 0 Å². The molecular formula is C15H24N2O4. The molecule has 4 unspecified atom stereocenters. The quantitative estimate of drug-likeness (QED) is 0.851. The van der Waals surface area contributed by atoms with Gasteiger partial charge in [0, 0.05) is 32.7 Å². The van der Waals surface area contributed by atoms with Crippen LogP contribution in [-0.4, -0.2) is 66.3 Å². The Bertz CT molecular complexity index is 428. The van der Waals surface area contributed by atoms with E-state index in [1.165, 1.54) is 0 Å². The highest BCUT2D eigenvalue weighted by atomic mass is 16.5. The maximum atomic E-state index is 12.7. The molecule has 118 valence electrons. The Labute approximate surface area is 125 Å². The predicted molar refractivity (Wildman–Crippen MR) is 75.9 cm³/mol. The average molecular weight is 296 g/mol. The van der Waals surface area contributed by atoms with E-state index >= 15 is 0 Å². The number of carboxylic acid groups (broad SMARTS) is 1. The van der Waals surface area contributed by atoms with E-state index in [1.807, 2.05) is 0 Å². The minimum atomic E-state index is -0.842. The lowest BCUT2D eigenvalue weighted by Crippen LogP contribution is -2.49. The Morgan fingerprint density at radius 3 is 2.76 bits per heavy atom. The van der Waals surface area contributed by atoms with Gasteiger partial charge in [-0.05, 0) is 31.1 Å². The molecule has 1 saturated carbocycles. The first-order valence-electron chi connectivity index (χ1n) is 7.89. The molecule has 3 rings (SSSR count). The van der Waals surface area contributed by atoms with Crippen LogP contribution in [-0.2, 0) is 9.53 Å². The molecule has 0 bridgehead atoms. The number of carbonyl (C=O) groups is 2. The molecule has 21 heavy (non-hydrogen) atoms. The Hall–Kier alpha value is -1.30. The van der Waals surface area contributed by atoms with Crippen molar-refractivity contribution in [2.45, 2.75) is 31.7 Å². The van der Waals surface area contributed by atoms with Gasteiger partial charge >= 0.3 is 12.0 Å². The molecule has 0 aromatic carbocycles. The van der Waals surface area contributed by atoms with Crippen LogP contribution in [0.25, 0.3) is 0 Å². The van der Waals surface area contributed by atoms with Gasteiger partial charge in [-0.15, -0.1) is 0 Å². The fraction of sp³-hybridized carbons (Fsp3) is 0.867. The molecule has 3 fully saturated rings. The molecule has 2 amide bonds. The molecular weight excluding hydrogens is 272 g/mol. The lowest BCUT2D eigenvalue weighted by molar-refractivity contribution is -0.142. The van der Waals surface area contributed by atoms with E-state index in [2.05, 4.69) is 0 Å². The standard InChI is InChI=1S/C15H24N2O4/c1-21-9-10-5-6-16(7-10)15(20)17-8-11-3-2-4-12(11)13(17)14(18)19/h10-13H,2-9H2,1H3,(H,18,19). The highest BCUT2D eigenvalue weighted by Crippen LogP contribution is 2.42. The van der Waals surface area contributed by atoms with Crippen molar-refractivity contribution < 1.29 is 19.4 Å². The summed E-state index contributed by atoms with van der Waals surface area (Å²) in [4.78, 5) is 27.7. The van der Waals surface area contributed by atoms with Crippen LogP contribution in [0.4, 0.5) is 4.79 Å². The molecule has 6 nitrogen and oxygen atoms in total. The molecule has 0 aromatic rings. The minimum Gasteiger partial charge on any atom is -0.480 e. The van der Waals surface area contributed by atoms with Crippen molar-refractivity contribution >= 4 is 12.0 Å². The van der Waals surface area contributed by atoms with Gasteiger partial charge in [0.2, 0.25) is 0 Å². The zero-order valence-electron chi connectivity index (χ0n) is 12.5. The summed E-state index contributed by atoms with van der Waals surface area (Å²) in [6, 6.07) is -0.707. The third-order valence-corrected chi connectivity index (χ3v) is 5.35. The van der Waals surface area contributed by atoms with Crippen molar-refractivity contribution in [3.63, 3.8) is 0 Å². The Morgan fingerprint density at radius 2 is 2.05 bits per heavy atom. The molecule has 0 aromatic heterocycles. The second-order valence-electron chi connectivity index (χ2n) is 6.63. The molecule has 1 aliphatic carbocycles. The summed E-state index contributed by atoms with van der Waals surface area (Å²) >= 11 is 0. The number of likely N-dealkylation sites (tertiary alicyclic amines) is 2. The number of rotatable bonds is 3. The van der Waals surface area contributed by atoms with Crippen molar-refractivity contribution in [3.8, 4) is 0 Å². The molecule has 2 aliphatic heterocycles. The predicted octanol–water partition coefficient (Wildman–Crippen LogP) is 1.26. The van der Waals surface area contributed by atoms with Gasteiger partial charge in [-0.25, -0.2) is 9.59 Å². The van der Waals surface area contributed by atoms with Crippen LogP contribution in [0, 0.1) is 17.8 Å². The normalized spacial score (nSPS) is 35.3. The van der Waals surface area contributed by atoms with Crippen molar-refractivity contribution in [3.05, 3.63) is 0 Å². The smallest absolute Gasteiger partial charge is 0.326 e. The second-order valence-corrected chi connectivity index (χ2v) is 6.63. The zero-order valence-corrected chi connectivity index (χ0v) is 12.5. The van der Waals surface area contributed by atoms with Gasteiger partial charge in [-0.1, -0.05) is 6.42 Å². The summed E-state index contributed by atoms with van der Waals surface area (Å²) in [6.07, 6.45) is 4.04. The number of carboxylic acids is 1. The number of amides is 2. The number of hydrogen-bond acceptors (Lipinski definition) is 3. The van der Waals surface area contributed by atoms with Crippen LogP contribution in [0.1, 0.15) is 25.7 Å². The molecule has 2 heterocycles. The maximum Gasteiger partial charge on any atom is 0.326 e. The van der Waals surface area contributed by atoms with E-state index in [1.54, 1.807) is 16.9 Å². The van der Waals surface area contributed by atoms with Gasteiger partial charge in [-0.3, -0.25) is 0 Å². The SMILES string of the molecule is COCC1CCN(C(=O)N2CC3CCCC3C2C(=O)O)C1. The Kier molecular flexibility index (Phi) is 4.06. The fourth-order valence-corrected chi connectivity index (χ4v) is 4.38. The molecule has 1 N–H and O–H groups in total. The molecule has 0 radical (unpaired) electrons. The van der Waals surface area contributed by atoms with Gasteiger partial charge in [0.1, 0.15) is 6.04 Å². The maximum absolute atomic E-state index is 12.7. The van der Waals surface area contributed by atoms with Crippen LogP contribution in [0.5, 0.6) is 0 Å². The number of hydrogen-bond donors (Lipinski definition) is 1. The summed E-state index contributed by atoms with van der Waals surface area (Å²) in [7, 11) is 1.67. The van der Waals surface area contributed by atoms with Crippen LogP contribution < -0.4 is 0 Å². The molecule has 4 atom stereocenters. The van der Waals surface area contributed by atoms with Crippen molar-refractivity contribution in [2.24, 2.45) is 17.8 Å². The summed E-state index contributed by atoms with van der Waals surface area (Å²) in [6.45, 7) is 2.68. The Morgan fingerprint density at radius 1 is 1.24 bits per heavy atom. The number of fused-ring (bicyclic) bond motifs is 1. The third-order valence-electron chi connectivity index (χ3n) is 5.35. The summed E-state index contributed by atoms with van der Waals surface area (Å²) in [5.41, 5.74) is 0. The lowest BCUT2D eigenvalue weighted by Gasteiger charge is -2.29. The first kappa shape index (κ1) is 14.6. The first-order chi connectivity index (χ1) is 10.1. The molecule has 0 spiro atoms. The monoisotopic (exact) mass is 296 g/mol. The topological polar surface area (TPSA) is 70.1 Å². The second kappa shape index (κ2) is 5.83. The highest BCUT2D eigenvalue weighted by molar-refractivity contribution is 5.84. The van der Waals surface area contributed by atoms with Crippen LogP contribution >= 0.6 is 0 Å². The summed E-state index contributed by atoms with van der Waals surface area (Å²) in [5.74, 6) is 0.0750. The molecule has 6 heteroatoms. The minimum absolute atomic E-state index is 0.0876. The average Bonchev–Trinajstić information content (AvgIpc) is 3.11. The molecule has 3 aliphatic rings. The third kappa shape index (κ3) is 2.61. The van der Waals surface area contributed by atoms with Crippen LogP contribution in [0.15, 0.2) is 0 Å². The number of nitrogens with zero attached hydrogens (tertiary/aromatic N) is 2.